The monoisotopic (exact) mass is 656 g/mol. The van der Waals surface area contributed by atoms with Crippen LogP contribution < -0.4 is 19.4 Å². The number of nitrogens with zero attached hydrogens (tertiary/aromatic N) is 4. The van der Waals surface area contributed by atoms with Crippen LogP contribution in [0.25, 0.3) is 0 Å². The number of rotatable bonds is 12. The van der Waals surface area contributed by atoms with Gasteiger partial charge in [0.2, 0.25) is 11.8 Å². The van der Waals surface area contributed by atoms with Crippen molar-refractivity contribution in [1.29, 1.82) is 0 Å². The third kappa shape index (κ3) is 5.48. The van der Waals surface area contributed by atoms with E-state index >= 15 is 0 Å². The molecular formula is C38H48N4O6. The summed E-state index contributed by atoms with van der Waals surface area (Å²) in [5, 5.41) is 9.57. The predicted octanol–water partition coefficient (Wildman–Crippen LogP) is 4.57. The normalized spacial score (nSPS) is 27.9. The first-order chi connectivity index (χ1) is 23.3. The summed E-state index contributed by atoms with van der Waals surface area (Å²) in [5.41, 5.74) is 0.101. The Morgan fingerprint density at radius 1 is 0.812 bits per heavy atom. The topological polar surface area (TPSA) is 103 Å². The summed E-state index contributed by atoms with van der Waals surface area (Å²) in [6, 6.07) is 14.4. The van der Waals surface area contributed by atoms with E-state index in [1.165, 1.54) is 0 Å². The Morgan fingerprint density at radius 2 is 1.44 bits per heavy atom. The third-order valence-corrected chi connectivity index (χ3v) is 10.5. The van der Waals surface area contributed by atoms with Crippen LogP contribution in [0.3, 0.4) is 0 Å². The lowest BCUT2D eigenvalue weighted by Gasteiger charge is -2.38. The van der Waals surface area contributed by atoms with Gasteiger partial charge in [-0.25, -0.2) is 0 Å². The van der Waals surface area contributed by atoms with E-state index in [1.807, 2.05) is 86.7 Å². The SMILES string of the molecule is CCOc1ccc(N2CC=C[C@@]3(CC)O[C@]45C=CCN(c6ccc(N(CC)CC)cc6)C(=O)C4N(CCCCO)C(=O)[C@@H]5[C@H]3C2=O)cc1. The van der Waals surface area contributed by atoms with Gasteiger partial charge < -0.3 is 34.2 Å². The lowest BCUT2D eigenvalue weighted by molar-refractivity contribution is -0.145. The molecule has 4 heterocycles. The van der Waals surface area contributed by atoms with Crippen LogP contribution in [0.2, 0.25) is 0 Å². The number of likely N-dealkylation sites (tertiary alicyclic amines) is 1. The Labute approximate surface area is 283 Å². The predicted molar refractivity (Wildman–Crippen MR) is 186 cm³/mol. The van der Waals surface area contributed by atoms with E-state index in [0.717, 1.165) is 24.5 Å². The molecule has 0 bridgehead atoms. The summed E-state index contributed by atoms with van der Waals surface area (Å²) in [6.07, 6.45) is 9.17. The molecule has 1 N–H and O–H groups in total. The van der Waals surface area contributed by atoms with Crippen LogP contribution in [0.1, 0.15) is 47.0 Å². The Hall–Kier alpha value is -4.15. The van der Waals surface area contributed by atoms with Crippen molar-refractivity contribution in [1.82, 2.24) is 4.90 Å². The lowest BCUT2D eigenvalue weighted by Crippen LogP contribution is -2.56. The number of hydrogen-bond acceptors (Lipinski definition) is 7. The van der Waals surface area contributed by atoms with Gasteiger partial charge in [0, 0.05) is 56.4 Å². The Kier molecular flexibility index (Phi) is 9.67. The maximum Gasteiger partial charge on any atom is 0.253 e. The van der Waals surface area contributed by atoms with E-state index in [4.69, 9.17) is 9.47 Å². The molecule has 48 heavy (non-hydrogen) atoms. The van der Waals surface area contributed by atoms with Gasteiger partial charge in [-0.2, -0.15) is 0 Å². The number of hydrogen-bond donors (Lipinski definition) is 1. The quantitative estimate of drug-likeness (QED) is 0.264. The van der Waals surface area contributed by atoms with Crippen LogP contribution in [-0.4, -0.2) is 90.9 Å². The standard InChI is InChI=1S/C38H48N4O6/c1-5-37-21-11-24-40(29-17-19-30(20-18-29)47-8-4)34(44)31(37)32-35(45)42(23-9-10-26-43)33-36(46)41(25-12-22-38(32,33)48-37)28-15-13-27(14-16-28)39(6-2)7-3/h11-22,31-33,43H,5-10,23-26H2,1-4H3/t31-,32-,33?,37+,38-/m0/s1. The highest BCUT2D eigenvalue weighted by molar-refractivity contribution is 6.07. The van der Waals surface area contributed by atoms with Crippen LogP contribution in [0.5, 0.6) is 5.75 Å². The van der Waals surface area contributed by atoms with Crippen molar-refractivity contribution in [3.8, 4) is 5.75 Å². The number of benzene rings is 2. The minimum absolute atomic E-state index is 0.0154. The molecule has 1 unspecified atom stereocenters. The van der Waals surface area contributed by atoms with Gasteiger partial charge in [-0.3, -0.25) is 14.4 Å². The molecule has 1 spiro atoms. The fourth-order valence-corrected chi connectivity index (χ4v) is 8.18. The van der Waals surface area contributed by atoms with Crippen molar-refractivity contribution >= 4 is 34.8 Å². The summed E-state index contributed by atoms with van der Waals surface area (Å²) in [6.45, 7) is 11.3. The van der Waals surface area contributed by atoms with Crippen LogP contribution >= 0.6 is 0 Å². The van der Waals surface area contributed by atoms with E-state index < -0.39 is 29.1 Å². The van der Waals surface area contributed by atoms with Gasteiger partial charge in [-0.05, 0) is 88.6 Å². The average Bonchev–Trinajstić information content (AvgIpc) is 3.38. The number of ether oxygens (including phenoxy) is 2. The Morgan fingerprint density at radius 3 is 2.04 bits per heavy atom. The van der Waals surface area contributed by atoms with Crippen LogP contribution in [0.4, 0.5) is 17.1 Å². The number of unbranched alkanes of at least 4 members (excludes halogenated alkanes) is 1. The lowest BCUT2D eigenvalue weighted by atomic mass is 9.73. The minimum Gasteiger partial charge on any atom is -0.494 e. The number of carbonyl (C=O) groups is 3. The van der Waals surface area contributed by atoms with Crippen LogP contribution in [-0.2, 0) is 19.1 Å². The molecule has 2 fully saturated rings. The molecule has 3 amide bonds. The van der Waals surface area contributed by atoms with E-state index in [9.17, 15) is 19.5 Å². The highest BCUT2D eigenvalue weighted by atomic mass is 16.5. The molecule has 0 aromatic heterocycles. The van der Waals surface area contributed by atoms with Gasteiger partial charge in [0.1, 0.15) is 17.4 Å². The van der Waals surface area contributed by atoms with E-state index in [-0.39, 0.29) is 30.9 Å². The van der Waals surface area contributed by atoms with E-state index in [2.05, 4.69) is 18.7 Å². The zero-order valence-electron chi connectivity index (χ0n) is 28.5. The molecule has 4 aliphatic rings. The first kappa shape index (κ1) is 33.7. The van der Waals surface area contributed by atoms with Crippen molar-refractivity contribution in [2.75, 3.05) is 60.6 Å². The van der Waals surface area contributed by atoms with Crippen molar-refractivity contribution < 1.29 is 29.0 Å². The number of carbonyl (C=O) groups excluding carboxylic acids is 3. The molecule has 10 nitrogen and oxygen atoms in total. The molecule has 256 valence electrons. The molecule has 10 heteroatoms. The third-order valence-electron chi connectivity index (χ3n) is 10.5. The van der Waals surface area contributed by atoms with Crippen LogP contribution in [0.15, 0.2) is 72.8 Å². The average molecular weight is 657 g/mol. The maximum atomic E-state index is 14.8. The highest BCUT2D eigenvalue weighted by Gasteiger charge is 2.75. The molecule has 2 aromatic rings. The molecule has 0 aliphatic carbocycles. The van der Waals surface area contributed by atoms with Gasteiger partial charge >= 0.3 is 0 Å². The number of aliphatic hydroxyl groups excluding tert-OH is 1. The second-order valence-corrected chi connectivity index (χ2v) is 12.9. The molecule has 4 aliphatic heterocycles. The van der Waals surface area contributed by atoms with E-state index in [1.54, 1.807) is 14.7 Å². The summed E-state index contributed by atoms with van der Waals surface area (Å²) < 4.78 is 12.7. The fourth-order valence-electron chi connectivity index (χ4n) is 8.18. The molecule has 2 aromatic carbocycles. The van der Waals surface area contributed by atoms with Crippen LogP contribution in [0, 0.1) is 11.8 Å². The first-order valence-electron chi connectivity index (χ1n) is 17.5. The van der Waals surface area contributed by atoms with Gasteiger partial charge in [-0.1, -0.05) is 31.2 Å². The summed E-state index contributed by atoms with van der Waals surface area (Å²) >= 11 is 0. The number of anilines is 3. The second kappa shape index (κ2) is 13.8. The molecular weight excluding hydrogens is 608 g/mol. The summed E-state index contributed by atoms with van der Waals surface area (Å²) in [7, 11) is 0. The smallest absolute Gasteiger partial charge is 0.253 e. The van der Waals surface area contributed by atoms with E-state index in [0.29, 0.717) is 50.4 Å². The molecule has 0 radical (unpaired) electrons. The number of fused-ring (bicyclic) bond motifs is 2. The van der Waals surface area contributed by atoms with Crippen molar-refractivity contribution in [3.05, 3.63) is 72.8 Å². The molecule has 5 atom stereocenters. The Bertz CT molecular complexity index is 1550. The maximum absolute atomic E-state index is 14.8. The van der Waals surface area contributed by atoms with Crippen molar-refractivity contribution in [3.63, 3.8) is 0 Å². The van der Waals surface area contributed by atoms with Gasteiger partial charge in [0.15, 0.2) is 0 Å². The van der Waals surface area contributed by atoms with Gasteiger partial charge in [-0.15, -0.1) is 0 Å². The summed E-state index contributed by atoms with van der Waals surface area (Å²) in [5.74, 6) is -1.73. The number of amides is 3. The molecule has 0 saturated carbocycles. The summed E-state index contributed by atoms with van der Waals surface area (Å²) in [4.78, 5) is 51.6. The van der Waals surface area contributed by atoms with Gasteiger partial charge in [0.25, 0.3) is 5.91 Å². The zero-order chi connectivity index (χ0) is 34.1. The number of aliphatic hydroxyl groups is 1. The Balaban J connectivity index is 1.41. The van der Waals surface area contributed by atoms with Crippen molar-refractivity contribution in [2.45, 2.75) is 64.2 Å². The zero-order valence-corrected chi connectivity index (χ0v) is 28.5. The minimum atomic E-state index is -1.34. The highest BCUT2D eigenvalue weighted by Crippen LogP contribution is 2.59. The molecule has 2 saturated heterocycles. The largest absolute Gasteiger partial charge is 0.494 e. The molecule has 6 rings (SSSR count). The fraction of sp³-hybridized carbons (Fsp3) is 0.500. The van der Waals surface area contributed by atoms with Gasteiger partial charge in [0.05, 0.1) is 24.0 Å². The first-order valence-corrected chi connectivity index (χ1v) is 17.5. The second-order valence-electron chi connectivity index (χ2n) is 12.9. The van der Waals surface area contributed by atoms with Crippen molar-refractivity contribution in [2.24, 2.45) is 11.8 Å².